The number of ether oxygens (including phenoxy) is 2. The smallest absolute Gasteiger partial charge is 0.338 e. The number of morpholine rings is 1. The number of nitrogens with zero attached hydrogens (tertiary/aromatic N) is 3. The number of rotatable bonds is 5. The monoisotopic (exact) mass is 419 g/mol. The maximum Gasteiger partial charge on any atom is 0.338 e. The van der Waals surface area contributed by atoms with Gasteiger partial charge in [0.25, 0.3) is 11.6 Å². The molecule has 2 heterocycles. The van der Waals surface area contributed by atoms with E-state index in [1.165, 1.54) is 12.1 Å². The highest BCUT2D eigenvalue weighted by atomic mass is 16.6. The lowest BCUT2D eigenvalue weighted by molar-refractivity contribution is -0.384. The quantitative estimate of drug-likeness (QED) is 0.411. The van der Waals surface area contributed by atoms with Crippen LogP contribution in [0, 0.1) is 10.1 Å². The summed E-state index contributed by atoms with van der Waals surface area (Å²) in [5.74, 6) is -1.05. The molecule has 2 saturated heterocycles. The Labute approximate surface area is 176 Å². The van der Waals surface area contributed by atoms with Crippen molar-refractivity contribution in [1.82, 2.24) is 4.90 Å². The average Bonchev–Trinajstić information content (AvgIpc) is 3.00. The van der Waals surface area contributed by atoms with Gasteiger partial charge in [-0.3, -0.25) is 14.9 Å². The molecule has 3 rings (SSSR count). The number of nitro groups is 1. The van der Waals surface area contributed by atoms with Gasteiger partial charge in [-0.2, -0.15) is 0 Å². The first-order valence-corrected chi connectivity index (χ1v) is 10.5. The molecule has 164 valence electrons. The number of hydrogen-bond acceptors (Lipinski definition) is 7. The number of anilines is 1. The Bertz CT molecular complexity index is 781. The van der Waals surface area contributed by atoms with Gasteiger partial charge in [0, 0.05) is 32.2 Å². The Hall–Kier alpha value is -2.68. The molecule has 2 atom stereocenters. The average molecular weight is 419 g/mol. The second-order valence-electron chi connectivity index (χ2n) is 7.99. The first-order chi connectivity index (χ1) is 14.3. The minimum Gasteiger partial charge on any atom is -0.452 e. The van der Waals surface area contributed by atoms with Crippen molar-refractivity contribution in [1.29, 1.82) is 0 Å². The number of benzene rings is 1. The van der Waals surface area contributed by atoms with Crippen molar-refractivity contribution in [2.24, 2.45) is 0 Å². The minimum atomic E-state index is -0.747. The van der Waals surface area contributed by atoms with Crippen molar-refractivity contribution in [3.8, 4) is 0 Å². The summed E-state index contributed by atoms with van der Waals surface area (Å²) in [5.41, 5.74) is 0.469. The van der Waals surface area contributed by atoms with Gasteiger partial charge in [0.2, 0.25) is 0 Å². The molecule has 1 amide bonds. The Morgan fingerprint density at radius 2 is 1.77 bits per heavy atom. The van der Waals surface area contributed by atoms with Crippen LogP contribution in [0.1, 0.15) is 49.9 Å². The maximum atomic E-state index is 12.4. The van der Waals surface area contributed by atoms with Gasteiger partial charge < -0.3 is 19.3 Å². The van der Waals surface area contributed by atoms with Gasteiger partial charge in [-0.25, -0.2) is 4.79 Å². The van der Waals surface area contributed by atoms with E-state index in [1.807, 2.05) is 18.7 Å². The van der Waals surface area contributed by atoms with Crippen LogP contribution in [0.4, 0.5) is 11.4 Å². The van der Waals surface area contributed by atoms with E-state index in [9.17, 15) is 19.7 Å². The largest absolute Gasteiger partial charge is 0.452 e. The lowest BCUT2D eigenvalue weighted by Gasteiger charge is -2.35. The molecule has 30 heavy (non-hydrogen) atoms. The fourth-order valence-corrected chi connectivity index (χ4v) is 4.06. The Morgan fingerprint density at radius 1 is 1.13 bits per heavy atom. The third-order valence-corrected chi connectivity index (χ3v) is 5.45. The molecule has 2 aliphatic heterocycles. The predicted octanol–water partition coefficient (Wildman–Crippen LogP) is 2.77. The molecular formula is C21H29N3O6. The van der Waals surface area contributed by atoms with Crippen molar-refractivity contribution in [2.75, 3.05) is 37.7 Å². The molecule has 2 aliphatic rings. The highest BCUT2D eigenvalue weighted by Gasteiger charge is 2.27. The van der Waals surface area contributed by atoms with Crippen molar-refractivity contribution in [3.05, 3.63) is 33.9 Å². The Morgan fingerprint density at radius 3 is 2.37 bits per heavy atom. The first-order valence-electron chi connectivity index (χ1n) is 10.5. The number of carbonyl (C=O) groups excluding carboxylic acids is 2. The number of amides is 1. The van der Waals surface area contributed by atoms with Gasteiger partial charge in [-0.05, 0) is 38.8 Å². The second kappa shape index (κ2) is 9.88. The molecule has 0 radical (unpaired) electrons. The van der Waals surface area contributed by atoms with Crippen LogP contribution in [0.15, 0.2) is 18.2 Å². The van der Waals surface area contributed by atoms with Crippen LogP contribution >= 0.6 is 0 Å². The van der Waals surface area contributed by atoms with Crippen LogP contribution in [0.2, 0.25) is 0 Å². The molecule has 2 fully saturated rings. The topological polar surface area (TPSA) is 102 Å². The summed E-state index contributed by atoms with van der Waals surface area (Å²) in [4.78, 5) is 39.5. The van der Waals surface area contributed by atoms with Crippen LogP contribution in [0.25, 0.3) is 0 Å². The fourth-order valence-electron chi connectivity index (χ4n) is 4.06. The number of hydrogen-bond donors (Lipinski definition) is 0. The summed E-state index contributed by atoms with van der Waals surface area (Å²) in [5, 5.41) is 11.6. The molecule has 9 nitrogen and oxygen atoms in total. The van der Waals surface area contributed by atoms with Crippen molar-refractivity contribution >= 4 is 23.3 Å². The van der Waals surface area contributed by atoms with Crippen LogP contribution in [-0.4, -0.2) is 66.7 Å². The molecule has 1 aromatic carbocycles. The highest BCUT2D eigenvalue weighted by molar-refractivity contribution is 5.93. The predicted molar refractivity (Wildman–Crippen MR) is 111 cm³/mol. The van der Waals surface area contributed by atoms with E-state index >= 15 is 0 Å². The van der Waals surface area contributed by atoms with E-state index in [4.69, 9.17) is 9.47 Å². The lowest BCUT2D eigenvalue weighted by atomic mass is 10.1. The molecule has 0 spiro atoms. The summed E-state index contributed by atoms with van der Waals surface area (Å²) in [6, 6.07) is 4.37. The Balaban J connectivity index is 1.66. The van der Waals surface area contributed by atoms with Gasteiger partial charge in [-0.15, -0.1) is 0 Å². The third-order valence-electron chi connectivity index (χ3n) is 5.45. The normalized spacial score (nSPS) is 22.3. The summed E-state index contributed by atoms with van der Waals surface area (Å²) >= 11 is 0. The van der Waals surface area contributed by atoms with Crippen LogP contribution in [0.5, 0.6) is 0 Å². The molecule has 0 unspecified atom stereocenters. The zero-order chi connectivity index (χ0) is 21.7. The molecule has 0 aliphatic carbocycles. The maximum absolute atomic E-state index is 12.4. The SMILES string of the molecule is C[C@H]1CN(C(=O)COC(=O)c2ccc(N3CCCCCC3)c([N+](=O)[O-])c2)C[C@H](C)O1. The number of carbonyl (C=O) groups is 2. The van der Waals surface area contributed by atoms with E-state index in [0.29, 0.717) is 18.8 Å². The van der Waals surface area contributed by atoms with Crippen molar-refractivity contribution < 1.29 is 24.0 Å². The van der Waals surface area contributed by atoms with Gasteiger partial charge in [0.05, 0.1) is 22.7 Å². The first kappa shape index (κ1) is 22.0. The van der Waals surface area contributed by atoms with Crippen molar-refractivity contribution in [2.45, 2.75) is 51.7 Å². The van der Waals surface area contributed by atoms with E-state index in [1.54, 1.807) is 11.0 Å². The molecule has 9 heteroatoms. The van der Waals surface area contributed by atoms with E-state index in [-0.39, 0.29) is 29.4 Å². The summed E-state index contributed by atoms with van der Waals surface area (Å²) in [6.45, 7) is 5.76. The summed E-state index contributed by atoms with van der Waals surface area (Å²) in [6.07, 6.45) is 4.04. The molecule has 0 aromatic heterocycles. The van der Waals surface area contributed by atoms with Crippen LogP contribution < -0.4 is 4.90 Å². The van der Waals surface area contributed by atoms with Gasteiger partial charge in [0.1, 0.15) is 5.69 Å². The zero-order valence-electron chi connectivity index (χ0n) is 17.5. The van der Waals surface area contributed by atoms with Gasteiger partial charge in [0.15, 0.2) is 6.61 Å². The van der Waals surface area contributed by atoms with E-state index < -0.39 is 17.5 Å². The van der Waals surface area contributed by atoms with Gasteiger partial charge in [-0.1, -0.05) is 12.8 Å². The van der Waals surface area contributed by atoms with E-state index in [0.717, 1.165) is 38.8 Å². The minimum absolute atomic E-state index is 0.0665. The molecule has 1 aromatic rings. The summed E-state index contributed by atoms with van der Waals surface area (Å²) < 4.78 is 10.7. The molecule has 0 saturated carbocycles. The number of nitro benzene ring substituents is 1. The highest BCUT2D eigenvalue weighted by Crippen LogP contribution is 2.31. The van der Waals surface area contributed by atoms with Crippen LogP contribution in [-0.2, 0) is 14.3 Å². The van der Waals surface area contributed by atoms with E-state index in [2.05, 4.69) is 0 Å². The molecule has 0 bridgehead atoms. The Kier molecular flexibility index (Phi) is 7.25. The zero-order valence-corrected chi connectivity index (χ0v) is 17.5. The summed E-state index contributed by atoms with van der Waals surface area (Å²) in [7, 11) is 0. The lowest BCUT2D eigenvalue weighted by Crippen LogP contribution is -2.49. The van der Waals surface area contributed by atoms with Crippen LogP contribution in [0.3, 0.4) is 0 Å². The molecule has 0 N–H and O–H groups in total. The second-order valence-corrected chi connectivity index (χ2v) is 7.99. The number of esters is 1. The third kappa shape index (κ3) is 5.47. The molecular weight excluding hydrogens is 390 g/mol. The standard InChI is InChI=1S/C21H29N3O6/c1-15-12-23(13-16(2)30-15)20(25)14-29-21(26)17-7-8-18(19(11-17)24(27)28)22-9-5-3-4-6-10-22/h7-8,11,15-16H,3-6,9-10,12-14H2,1-2H3/t15-,16-/m0/s1. The fraction of sp³-hybridized carbons (Fsp3) is 0.619. The van der Waals surface area contributed by atoms with Gasteiger partial charge >= 0.3 is 5.97 Å². The van der Waals surface area contributed by atoms with Crippen molar-refractivity contribution in [3.63, 3.8) is 0 Å².